The average molecular weight is 503 g/mol. The molecule has 1 aromatic carbocycles. The number of ether oxygens (including phenoxy) is 1. The molecule has 0 atom stereocenters. The van der Waals surface area contributed by atoms with Gasteiger partial charge in [0.05, 0.1) is 24.1 Å². The van der Waals surface area contributed by atoms with Gasteiger partial charge in [-0.05, 0) is 30.4 Å². The van der Waals surface area contributed by atoms with E-state index in [1.165, 1.54) is 6.20 Å². The Morgan fingerprint density at radius 3 is 2.83 bits per heavy atom. The molecule has 1 amide bonds. The van der Waals surface area contributed by atoms with Crippen molar-refractivity contribution in [3.8, 4) is 11.4 Å². The molecule has 1 fully saturated rings. The number of halogens is 2. The van der Waals surface area contributed by atoms with Gasteiger partial charge in [-0.2, -0.15) is 5.10 Å². The van der Waals surface area contributed by atoms with Gasteiger partial charge < -0.3 is 26.0 Å². The molecule has 13 heteroatoms. The number of rotatable bonds is 8. The standard InChI is InChI=1S/C22H24F2N8O2S/c23-16-9-19(34-13-20-29-30-22(35)32(20)14-2-1-3-27-10-14)17(24)8-15(16)18(25)11-28-12-21(33)31-6-4-26-5-7-31/h1-3,8-11,26,28H,4-7,12-13,25H2,(H,30,35)/b18-11-. The second kappa shape index (κ2) is 11.1. The Morgan fingerprint density at radius 1 is 1.29 bits per heavy atom. The predicted octanol–water partition coefficient (Wildman–Crippen LogP) is 1.46. The first-order valence-electron chi connectivity index (χ1n) is 10.8. The molecule has 0 bridgehead atoms. The third kappa shape index (κ3) is 5.81. The summed E-state index contributed by atoms with van der Waals surface area (Å²) in [5.74, 6) is -1.65. The van der Waals surface area contributed by atoms with Crippen LogP contribution >= 0.6 is 12.2 Å². The number of aromatic nitrogens is 4. The molecular weight excluding hydrogens is 478 g/mol. The highest BCUT2D eigenvalue weighted by molar-refractivity contribution is 7.71. The highest BCUT2D eigenvalue weighted by atomic mass is 32.1. The zero-order valence-corrected chi connectivity index (χ0v) is 19.4. The Labute approximate surface area is 204 Å². The van der Waals surface area contributed by atoms with E-state index in [1.54, 1.807) is 34.0 Å². The zero-order valence-electron chi connectivity index (χ0n) is 18.6. The van der Waals surface area contributed by atoms with E-state index in [9.17, 15) is 13.6 Å². The normalized spacial score (nSPS) is 14.1. The summed E-state index contributed by atoms with van der Waals surface area (Å²) < 4.78 is 36.8. The molecule has 184 valence electrons. The molecule has 1 aliphatic rings. The summed E-state index contributed by atoms with van der Waals surface area (Å²) in [5, 5.41) is 12.7. The molecule has 5 N–H and O–H groups in total. The number of carbonyl (C=O) groups is 1. The number of nitrogens with two attached hydrogens (primary N) is 1. The second-order valence-corrected chi connectivity index (χ2v) is 8.04. The molecule has 35 heavy (non-hydrogen) atoms. The van der Waals surface area contributed by atoms with E-state index in [1.807, 2.05) is 0 Å². The Bertz CT molecular complexity index is 1270. The first kappa shape index (κ1) is 24.3. The lowest BCUT2D eigenvalue weighted by Gasteiger charge is -2.27. The minimum absolute atomic E-state index is 0.00254. The van der Waals surface area contributed by atoms with Gasteiger partial charge in [0.15, 0.2) is 22.2 Å². The van der Waals surface area contributed by atoms with Crippen molar-refractivity contribution >= 4 is 23.8 Å². The van der Waals surface area contributed by atoms with Crippen LogP contribution in [0.3, 0.4) is 0 Å². The summed E-state index contributed by atoms with van der Waals surface area (Å²) in [6, 6.07) is 5.36. The molecule has 1 aliphatic heterocycles. The van der Waals surface area contributed by atoms with Crippen LogP contribution in [0.25, 0.3) is 11.4 Å². The average Bonchev–Trinajstić information content (AvgIpc) is 3.25. The van der Waals surface area contributed by atoms with Gasteiger partial charge in [0.2, 0.25) is 5.91 Å². The fourth-order valence-electron chi connectivity index (χ4n) is 3.53. The Hall–Kier alpha value is -3.84. The fraction of sp³-hybridized carbons (Fsp3) is 0.273. The molecule has 2 aromatic heterocycles. The topological polar surface area (TPSA) is 126 Å². The van der Waals surface area contributed by atoms with Crippen molar-refractivity contribution in [3.05, 3.63) is 70.7 Å². The van der Waals surface area contributed by atoms with Gasteiger partial charge in [-0.3, -0.25) is 19.4 Å². The molecule has 0 radical (unpaired) electrons. The maximum Gasteiger partial charge on any atom is 0.241 e. The highest BCUT2D eigenvalue weighted by Gasteiger charge is 2.17. The van der Waals surface area contributed by atoms with E-state index < -0.39 is 11.6 Å². The third-order valence-corrected chi connectivity index (χ3v) is 5.59. The highest BCUT2D eigenvalue weighted by Crippen LogP contribution is 2.25. The molecule has 0 aliphatic carbocycles. The van der Waals surface area contributed by atoms with Gasteiger partial charge in [0.25, 0.3) is 0 Å². The molecule has 0 saturated carbocycles. The Balaban J connectivity index is 1.41. The van der Waals surface area contributed by atoms with Gasteiger partial charge >= 0.3 is 0 Å². The minimum Gasteiger partial charge on any atom is -0.482 e. The van der Waals surface area contributed by atoms with E-state index in [4.69, 9.17) is 22.7 Å². The fourth-order valence-corrected chi connectivity index (χ4v) is 3.79. The summed E-state index contributed by atoms with van der Waals surface area (Å²) in [6.07, 6.45) is 4.48. The number of hydrogen-bond acceptors (Lipinski definition) is 8. The number of pyridine rings is 1. The number of nitrogens with zero attached hydrogens (tertiary/aromatic N) is 4. The van der Waals surface area contributed by atoms with Crippen LogP contribution in [0, 0.1) is 16.4 Å². The van der Waals surface area contributed by atoms with Crippen LogP contribution in [0.4, 0.5) is 8.78 Å². The van der Waals surface area contributed by atoms with Crippen molar-refractivity contribution in [2.75, 3.05) is 32.7 Å². The van der Waals surface area contributed by atoms with Gasteiger partial charge in [0, 0.05) is 50.2 Å². The van der Waals surface area contributed by atoms with Crippen LogP contribution in [0.1, 0.15) is 11.4 Å². The monoisotopic (exact) mass is 502 g/mol. The molecule has 3 heterocycles. The summed E-state index contributed by atoms with van der Waals surface area (Å²) in [4.78, 5) is 17.9. The quantitative estimate of drug-likeness (QED) is 0.341. The number of amides is 1. The first-order valence-corrected chi connectivity index (χ1v) is 11.2. The summed E-state index contributed by atoms with van der Waals surface area (Å²) >= 11 is 5.24. The van der Waals surface area contributed by atoms with Crippen LogP contribution in [-0.2, 0) is 11.4 Å². The van der Waals surface area contributed by atoms with Gasteiger partial charge in [-0.25, -0.2) is 8.78 Å². The number of aromatic amines is 1. The van der Waals surface area contributed by atoms with Gasteiger partial charge in [0.1, 0.15) is 12.4 Å². The largest absolute Gasteiger partial charge is 0.482 e. The van der Waals surface area contributed by atoms with Crippen LogP contribution < -0.4 is 21.1 Å². The van der Waals surface area contributed by atoms with E-state index in [-0.39, 0.29) is 36.1 Å². The summed E-state index contributed by atoms with van der Waals surface area (Å²) in [5.41, 5.74) is 6.34. The number of hydrogen-bond donors (Lipinski definition) is 4. The Kier molecular flexibility index (Phi) is 7.67. The molecule has 1 saturated heterocycles. The van der Waals surface area contributed by atoms with E-state index in [0.717, 1.165) is 25.2 Å². The van der Waals surface area contributed by atoms with E-state index >= 15 is 0 Å². The van der Waals surface area contributed by atoms with E-state index in [0.29, 0.717) is 29.4 Å². The van der Waals surface area contributed by atoms with Crippen molar-refractivity contribution in [2.24, 2.45) is 5.73 Å². The smallest absolute Gasteiger partial charge is 0.241 e. The van der Waals surface area contributed by atoms with Crippen molar-refractivity contribution in [1.82, 2.24) is 35.3 Å². The Morgan fingerprint density at radius 2 is 2.09 bits per heavy atom. The summed E-state index contributed by atoms with van der Waals surface area (Å²) in [7, 11) is 0. The van der Waals surface area contributed by atoms with Crippen LogP contribution in [0.15, 0.2) is 42.9 Å². The number of benzene rings is 1. The molecule has 3 aromatic rings. The van der Waals surface area contributed by atoms with Gasteiger partial charge in [-0.15, -0.1) is 0 Å². The number of H-pyrrole nitrogens is 1. The van der Waals surface area contributed by atoms with Crippen LogP contribution in [-0.4, -0.2) is 63.3 Å². The number of carbonyl (C=O) groups excluding carboxylic acids is 1. The van der Waals surface area contributed by atoms with Gasteiger partial charge in [-0.1, -0.05) is 0 Å². The van der Waals surface area contributed by atoms with E-state index in [2.05, 4.69) is 25.8 Å². The minimum atomic E-state index is -0.809. The molecular formula is C22H24F2N8O2S. The molecule has 10 nitrogen and oxygen atoms in total. The second-order valence-electron chi connectivity index (χ2n) is 7.65. The molecule has 4 rings (SSSR count). The third-order valence-electron chi connectivity index (χ3n) is 5.32. The number of nitrogens with one attached hydrogen (secondary N) is 3. The van der Waals surface area contributed by atoms with Crippen LogP contribution in [0.5, 0.6) is 5.75 Å². The lowest BCUT2D eigenvalue weighted by molar-refractivity contribution is -0.130. The first-order chi connectivity index (χ1) is 16.9. The van der Waals surface area contributed by atoms with Crippen molar-refractivity contribution in [2.45, 2.75) is 6.61 Å². The maximum atomic E-state index is 14.7. The molecule has 0 spiro atoms. The lowest BCUT2D eigenvalue weighted by Crippen LogP contribution is -2.48. The van der Waals surface area contributed by atoms with Crippen molar-refractivity contribution < 1.29 is 18.3 Å². The van der Waals surface area contributed by atoms with Crippen LogP contribution in [0.2, 0.25) is 0 Å². The van der Waals surface area contributed by atoms with Crippen molar-refractivity contribution in [3.63, 3.8) is 0 Å². The lowest BCUT2D eigenvalue weighted by atomic mass is 10.1. The predicted molar refractivity (Wildman–Crippen MR) is 127 cm³/mol. The number of piperazine rings is 1. The maximum absolute atomic E-state index is 14.7. The molecule has 0 unspecified atom stereocenters. The summed E-state index contributed by atoms with van der Waals surface area (Å²) in [6.45, 7) is 2.53. The zero-order chi connectivity index (χ0) is 24.8. The SMILES string of the molecule is N/C(=C\NCC(=O)N1CCNCC1)c1cc(F)c(OCc2n[nH]c(=S)n2-c2cccnc2)cc1F. The van der Waals surface area contributed by atoms with Crippen molar-refractivity contribution in [1.29, 1.82) is 0 Å².